The van der Waals surface area contributed by atoms with E-state index < -0.39 is 10.0 Å². The zero-order chi connectivity index (χ0) is 100. The van der Waals surface area contributed by atoms with Crippen molar-refractivity contribution < 1.29 is 51.8 Å². The van der Waals surface area contributed by atoms with Crippen LogP contribution in [-0.4, -0.2) is 188 Å². The number of rotatable bonds is 24. The first-order valence-electron chi connectivity index (χ1n) is 49.8. The van der Waals surface area contributed by atoms with Crippen molar-refractivity contribution in [3.05, 3.63) is 399 Å². The Bertz CT molecular complexity index is 6690. The van der Waals surface area contributed by atoms with Crippen LogP contribution in [0, 0.1) is 36.5 Å². The van der Waals surface area contributed by atoms with Crippen molar-refractivity contribution in [2.24, 2.45) is 46.9 Å². The molecule has 6 aliphatic rings. The largest absolute Gasteiger partial charge is 0.497 e. The summed E-state index contributed by atoms with van der Waals surface area (Å²) in [4.78, 5) is 89.3. The number of aryl methyl sites for hydroxylation is 2. The molecule has 5 amide bonds. The molecule has 143 heavy (non-hydrogen) atoms. The second kappa shape index (κ2) is 49.5. The molecule has 24 heteroatoms. The van der Waals surface area contributed by atoms with E-state index in [1.54, 1.807) is 87.8 Å². The number of fused-ring (bicyclic) bond motifs is 1. The SMILES string of the molecule is C=C(c1ccn(S(=O)(=O)c2ccc(C)cc2)c1)N1CCC(Cc2ccccc2)CC1.CN(C)c1ccccc1C(=O)N1CCC(Cc2ccccc2)CC1.COc1ccc(C(=O)N2CCC(/C(=N\O)c3ccccc3)CC2)c(OC)c1.COc1ccc2c(c1)c(C(=O)N1CCC(Cc3ccccc3)CC1)cc(=O)n2C.O=C(c1ccc(N2N=C(c3ccccc3)CC2=O)cc1)N1CCC(Cc2ccccc2)CC1. The van der Waals surface area contributed by atoms with Crippen molar-refractivity contribution in [3.63, 3.8) is 0 Å². The van der Waals surface area contributed by atoms with Crippen LogP contribution < -0.4 is 29.7 Å². The number of carbonyl (C=O) groups is 5. The number of hydrogen-bond acceptors (Lipinski definition) is 16. The van der Waals surface area contributed by atoms with Gasteiger partial charge in [-0.15, -0.1) is 0 Å². The predicted molar refractivity (Wildman–Crippen MR) is 569 cm³/mol. The van der Waals surface area contributed by atoms with Crippen LogP contribution in [0.1, 0.15) is 157 Å². The molecular formula is C119H131N11O12S. The first-order valence-corrected chi connectivity index (χ1v) is 51.2. The number of para-hydroxylation sites is 1. The zero-order valence-corrected chi connectivity index (χ0v) is 83.9. The number of likely N-dealkylation sites (tertiary alicyclic amines) is 5. The fourth-order valence-corrected chi connectivity index (χ4v) is 21.1. The fourth-order valence-electron chi connectivity index (χ4n) is 19.9. The number of piperidine rings is 5. The van der Waals surface area contributed by atoms with Gasteiger partial charge in [0.05, 0.1) is 72.0 Å². The molecule has 11 aromatic carbocycles. The topological polar surface area (TPSA) is 242 Å². The van der Waals surface area contributed by atoms with Gasteiger partial charge in [-0.1, -0.05) is 224 Å². The van der Waals surface area contributed by atoms with E-state index in [0.717, 1.165) is 198 Å². The number of nitrogens with zero attached hydrogens (tertiary/aromatic N) is 11. The van der Waals surface area contributed by atoms with Gasteiger partial charge >= 0.3 is 0 Å². The van der Waals surface area contributed by atoms with E-state index in [2.05, 4.69) is 131 Å². The van der Waals surface area contributed by atoms with Crippen molar-refractivity contribution in [2.75, 3.05) is 111 Å². The smallest absolute Gasteiger partial charge is 0.267 e. The zero-order valence-electron chi connectivity index (χ0n) is 83.1. The lowest BCUT2D eigenvalue weighted by molar-refractivity contribution is -0.116. The molecule has 5 saturated heterocycles. The molecule has 19 rings (SSSR count). The highest BCUT2D eigenvalue weighted by atomic mass is 32.2. The van der Waals surface area contributed by atoms with Crippen molar-refractivity contribution >= 4 is 79.0 Å². The van der Waals surface area contributed by atoms with Gasteiger partial charge in [0.1, 0.15) is 17.2 Å². The van der Waals surface area contributed by atoms with Gasteiger partial charge in [0, 0.05) is 145 Å². The van der Waals surface area contributed by atoms with Crippen LogP contribution in [0.4, 0.5) is 11.4 Å². The van der Waals surface area contributed by atoms with Crippen molar-refractivity contribution in [2.45, 2.75) is 108 Å². The number of hydrazone groups is 1. The third kappa shape index (κ3) is 26.7. The maximum absolute atomic E-state index is 13.3. The average molecular weight is 1940 g/mol. The molecule has 0 unspecified atom stereocenters. The Kier molecular flexibility index (Phi) is 35.5. The van der Waals surface area contributed by atoms with Crippen LogP contribution in [0.5, 0.6) is 17.2 Å². The Balaban J connectivity index is 0.000000135. The summed E-state index contributed by atoms with van der Waals surface area (Å²) >= 11 is 0. The average Bonchev–Trinajstić information content (AvgIpc) is 1.41. The van der Waals surface area contributed by atoms with Gasteiger partial charge in [-0.05, 0) is 239 Å². The van der Waals surface area contributed by atoms with Gasteiger partial charge < -0.3 is 53.4 Å². The first-order chi connectivity index (χ1) is 69.5. The maximum Gasteiger partial charge on any atom is 0.267 e. The molecule has 0 spiro atoms. The normalized spacial score (nSPS) is 15.6. The Labute approximate surface area is 841 Å². The lowest BCUT2D eigenvalue weighted by atomic mass is 9.88. The number of hydrogen-bond donors (Lipinski definition) is 1. The highest BCUT2D eigenvalue weighted by Gasteiger charge is 2.34. The highest BCUT2D eigenvalue weighted by Crippen LogP contribution is 2.36. The summed E-state index contributed by atoms with van der Waals surface area (Å²) in [7, 11) is 6.83. The second-order valence-electron chi connectivity index (χ2n) is 38.0. The third-order valence-corrected chi connectivity index (χ3v) is 29.9. The third-order valence-electron chi connectivity index (χ3n) is 28.3. The predicted octanol–water partition coefficient (Wildman–Crippen LogP) is 20.8. The summed E-state index contributed by atoms with van der Waals surface area (Å²) in [6, 6.07) is 97.8. The molecule has 5 fully saturated rings. The number of aromatic nitrogens is 2. The van der Waals surface area contributed by atoms with Crippen molar-refractivity contribution in [1.82, 2.24) is 33.0 Å². The van der Waals surface area contributed by atoms with E-state index in [1.807, 2.05) is 191 Å². The van der Waals surface area contributed by atoms with Gasteiger partial charge in [0.15, 0.2) is 0 Å². The maximum atomic E-state index is 13.3. The minimum Gasteiger partial charge on any atom is -0.497 e. The number of benzene rings is 11. The molecule has 1 N–H and O–H groups in total. The molecule has 23 nitrogen and oxygen atoms in total. The first kappa shape index (κ1) is 102. The summed E-state index contributed by atoms with van der Waals surface area (Å²) < 4.78 is 44.5. The molecule has 0 saturated carbocycles. The number of methoxy groups -OCH3 is 3. The number of anilines is 2. The fraction of sp³-hybridized carbons (Fsp3) is 0.311. The van der Waals surface area contributed by atoms with Gasteiger partial charge in [-0.2, -0.15) is 5.10 Å². The van der Waals surface area contributed by atoms with Crippen LogP contribution in [-0.2, 0) is 47.5 Å². The molecule has 0 bridgehead atoms. The Morgan fingerprint density at radius 1 is 0.441 bits per heavy atom. The molecule has 2 aromatic heterocycles. The monoisotopic (exact) mass is 1940 g/mol. The molecule has 0 aliphatic carbocycles. The van der Waals surface area contributed by atoms with Gasteiger partial charge in [-0.25, -0.2) is 17.4 Å². The molecule has 13 aromatic rings. The Morgan fingerprint density at radius 3 is 1.34 bits per heavy atom. The minimum atomic E-state index is -3.59. The summed E-state index contributed by atoms with van der Waals surface area (Å²) in [6.45, 7) is 14.0. The Morgan fingerprint density at radius 2 is 0.867 bits per heavy atom. The lowest BCUT2D eigenvalue weighted by Crippen LogP contribution is -2.40. The van der Waals surface area contributed by atoms with Gasteiger partial charge in [0.2, 0.25) is 0 Å². The molecule has 0 radical (unpaired) electrons. The van der Waals surface area contributed by atoms with E-state index >= 15 is 0 Å². The second-order valence-corrected chi connectivity index (χ2v) is 39.8. The van der Waals surface area contributed by atoms with E-state index in [-0.39, 0.29) is 47.4 Å². The lowest BCUT2D eigenvalue weighted by Gasteiger charge is -2.34. The number of pyridine rings is 1. The Hall–Kier alpha value is -14.9. The number of oxime groups is 1. The number of amides is 5. The summed E-state index contributed by atoms with van der Waals surface area (Å²) in [5.74, 6) is 4.55. The summed E-state index contributed by atoms with van der Waals surface area (Å²) in [5, 5.41) is 19.7. The molecule has 8 heterocycles. The van der Waals surface area contributed by atoms with E-state index in [4.69, 9.17) is 14.2 Å². The number of ether oxygens (including phenoxy) is 3. The summed E-state index contributed by atoms with van der Waals surface area (Å²) in [5.41, 5.74) is 16.3. The van der Waals surface area contributed by atoms with Crippen molar-refractivity contribution in [3.8, 4) is 17.2 Å². The van der Waals surface area contributed by atoms with E-state index in [0.29, 0.717) is 87.0 Å². The standard InChI is InChI=1S/C28H27N3O2.C25H28N2O2S.C24H26N2O3.C21H24N2O4.C21H26N2O/c32-27-20-26(23-9-5-2-6-10-23)29-31(27)25-13-11-24(12-14-25)28(33)30-17-15-22(16-18-30)19-21-7-3-1-4-8-21;1-20-8-10-25(11-9-20)30(28,29)27-17-14-24(19-27)21(2)26-15-12-23(13-16-26)18-22-6-4-3-5-7-22;1-25-22-9-8-19(29-2)15-20(22)21(16-23(25)27)24(28)26-12-10-18(11-13-26)14-17-6-4-3-5-7-17;1-26-17-8-9-18(19(14-17)27-2)21(24)23-12-10-16(11-13-23)20(22-25)15-6-4-3-5-7-15;1-22(2)20-11-7-6-10-19(20)21(24)23-14-12-18(13-15-23)16-17-8-4-3-5-9-17/h1-14,22H,15-20H2;3-11,14,17,19,23H,2,12-13,15-16,18H2,1H3;3-9,15-16,18H,10-14H2,1-2H3;3-9,14,16,25H,10-13H2,1-2H3;3-11,18H,12-16H2,1-2H3/b;;;22-20-;. The summed E-state index contributed by atoms with van der Waals surface area (Å²) in [6.07, 6.45) is 17.9. The van der Waals surface area contributed by atoms with Crippen LogP contribution >= 0.6 is 0 Å². The molecular weight excluding hydrogens is 1810 g/mol. The minimum absolute atomic E-state index is 0.0564. The van der Waals surface area contributed by atoms with Gasteiger partial charge in [-0.3, -0.25) is 28.8 Å². The van der Waals surface area contributed by atoms with Crippen LogP contribution in [0.2, 0.25) is 0 Å². The number of carbonyl (C=O) groups excluding carboxylic acids is 5. The van der Waals surface area contributed by atoms with Crippen LogP contribution in [0.15, 0.2) is 342 Å². The quantitative estimate of drug-likeness (QED) is 0.0336. The highest BCUT2D eigenvalue weighted by molar-refractivity contribution is 7.90. The van der Waals surface area contributed by atoms with E-state index in [9.17, 15) is 42.4 Å². The van der Waals surface area contributed by atoms with Crippen LogP contribution in [0.25, 0.3) is 16.6 Å². The van der Waals surface area contributed by atoms with Crippen LogP contribution in [0.3, 0.4) is 0 Å². The molecule has 740 valence electrons. The van der Waals surface area contributed by atoms with Crippen molar-refractivity contribution in [1.29, 1.82) is 0 Å². The van der Waals surface area contributed by atoms with Gasteiger partial charge in [0.25, 0.3) is 45.1 Å². The molecule has 6 aliphatic heterocycles. The van der Waals surface area contributed by atoms with E-state index in [1.165, 1.54) is 37.3 Å². The molecule has 0 atom stereocenters.